The van der Waals surface area contributed by atoms with Crippen LogP contribution in [0, 0.1) is 5.92 Å². The van der Waals surface area contributed by atoms with Crippen LogP contribution in [-0.2, 0) is 16.0 Å². The molecule has 2 aromatic rings. The minimum atomic E-state index is -1.10. The minimum Gasteiger partial charge on any atom is -0.361 e. The zero-order chi connectivity index (χ0) is 19.4. The number of barbiturate groups is 1. The third kappa shape index (κ3) is 3.81. The predicted molar refractivity (Wildman–Crippen MR) is 104 cm³/mol. The average molecular weight is 366 g/mol. The van der Waals surface area contributed by atoms with E-state index >= 15 is 0 Å². The van der Waals surface area contributed by atoms with Crippen LogP contribution in [0.2, 0.25) is 0 Å². The lowest BCUT2D eigenvalue weighted by Crippen LogP contribution is -2.58. The highest BCUT2D eigenvalue weighted by molar-refractivity contribution is 6.23. The second-order valence-electron chi connectivity index (χ2n) is 6.43. The Morgan fingerprint density at radius 2 is 2.07 bits per heavy atom. The largest absolute Gasteiger partial charge is 0.361 e. The van der Waals surface area contributed by atoms with E-state index in [1.165, 1.54) is 12.3 Å². The molecule has 3 rings (SSSR count). The number of carbonyl (C=O) groups is 3. The van der Waals surface area contributed by atoms with Gasteiger partial charge in [0.05, 0.1) is 6.04 Å². The summed E-state index contributed by atoms with van der Waals surface area (Å²) in [6.45, 7) is 5.58. The second kappa shape index (κ2) is 7.99. The summed E-state index contributed by atoms with van der Waals surface area (Å²) in [6, 6.07) is 7.23. The van der Waals surface area contributed by atoms with Crippen LogP contribution >= 0.6 is 0 Å². The van der Waals surface area contributed by atoms with Gasteiger partial charge in [-0.2, -0.15) is 0 Å². The number of aromatic amines is 1. The number of amides is 4. The van der Waals surface area contributed by atoms with Gasteiger partial charge in [0.1, 0.15) is 0 Å². The van der Waals surface area contributed by atoms with Crippen molar-refractivity contribution in [2.75, 3.05) is 6.54 Å². The summed E-state index contributed by atoms with van der Waals surface area (Å²) in [4.78, 5) is 44.9. The Hall–Kier alpha value is -3.22. The van der Waals surface area contributed by atoms with Crippen molar-refractivity contribution >= 4 is 35.0 Å². The van der Waals surface area contributed by atoms with E-state index in [1.54, 1.807) is 0 Å². The molecule has 2 atom stereocenters. The summed E-state index contributed by atoms with van der Waals surface area (Å²) in [7, 11) is 0. The van der Waals surface area contributed by atoms with Gasteiger partial charge in [-0.15, -0.1) is 6.58 Å². The van der Waals surface area contributed by atoms with Crippen molar-refractivity contribution in [1.82, 2.24) is 15.2 Å². The van der Waals surface area contributed by atoms with Gasteiger partial charge in [-0.3, -0.25) is 24.8 Å². The lowest BCUT2D eigenvalue weighted by atomic mass is 10.0. The van der Waals surface area contributed by atoms with Crippen molar-refractivity contribution in [2.24, 2.45) is 10.9 Å². The maximum Gasteiger partial charge on any atom is 0.331 e. The van der Waals surface area contributed by atoms with Gasteiger partial charge < -0.3 is 4.98 Å². The Kier molecular flexibility index (Phi) is 5.49. The maximum absolute atomic E-state index is 12.4. The number of fused-ring (bicyclic) bond motifs is 1. The third-order valence-electron chi connectivity index (χ3n) is 4.65. The molecule has 1 fully saturated rings. The molecule has 1 saturated heterocycles. The van der Waals surface area contributed by atoms with Crippen LogP contribution in [0.5, 0.6) is 0 Å². The number of benzene rings is 1. The van der Waals surface area contributed by atoms with Crippen LogP contribution in [0.25, 0.3) is 10.9 Å². The number of nitrogens with one attached hydrogen (secondary N) is 2. The predicted octanol–water partition coefficient (Wildman–Crippen LogP) is 2.44. The van der Waals surface area contributed by atoms with Gasteiger partial charge in [-0.05, 0) is 24.5 Å². The van der Waals surface area contributed by atoms with E-state index in [1.807, 2.05) is 31.3 Å². The number of nitrogens with zero attached hydrogens (tertiary/aromatic N) is 2. The molecule has 140 valence electrons. The van der Waals surface area contributed by atoms with Crippen LogP contribution in [0.1, 0.15) is 18.9 Å². The molecule has 0 bridgehead atoms. The first kappa shape index (κ1) is 18.6. The smallest absolute Gasteiger partial charge is 0.331 e. The Bertz CT molecular complexity index is 915. The lowest BCUT2D eigenvalue weighted by molar-refractivity contribution is -0.138. The normalized spacial score (nSPS) is 18.9. The summed E-state index contributed by atoms with van der Waals surface area (Å²) in [6.07, 6.45) is 6.21. The number of H-pyrrole nitrogens is 1. The zero-order valence-corrected chi connectivity index (χ0v) is 15.1. The average Bonchev–Trinajstić information content (AvgIpc) is 3.06. The molecule has 0 aliphatic carbocycles. The molecule has 7 heteroatoms. The van der Waals surface area contributed by atoms with E-state index < -0.39 is 23.8 Å². The molecule has 0 saturated carbocycles. The van der Waals surface area contributed by atoms with E-state index in [2.05, 4.69) is 27.9 Å². The SMILES string of the molecule is C=CCN1C(=O)NC(=O)C(C=N[C@@H](CC)Cc2c[nH]c3ccccc23)C1=O. The quantitative estimate of drug-likeness (QED) is 0.448. The lowest BCUT2D eigenvalue weighted by Gasteiger charge is -2.27. The number of aliphatic imine (C=N–C) groups is 1. The van der Waals surface area contributed by atoms with Gasteiger partial charge >= 0.3 is 6.03 Å². The number of aromatic nitrogens is 1. The van der Waals surface area contributed by atoms with Crippen LogP contribution in [0.3, 0.4) is 0 Å². The van der Waals surface area contributed by atoms with Crippen molar-refractivity contribution in [3.05, 3.63) is 48.7 Å². The number of imide groups is 2. The molecule has 0 radical (unpaired) electrons. The molecule has 1 aliphatic heterocycles. The highest BCUT2D eigenvalue weighted by Gasteiger charge is 2.38. The Morgan fingerprint density at radius 3 is 2.81 bits per heavy atom. The van der Waals surface area contributed by atoms with Gasteiger partial charge in [0.15, 0.2) is 5.92 Å². The highest BCUT2D eigenvalue weighted by Crippen LogP contribution is 2.21. The number of carbonyl (C=O) groups excluding carboxylic acids is 3. The van der Waals surface area contributed by atoms with Crippen molar-refractivity contribution in [1.29, 1.82) is 0 Å². The molecule has 2 heterocycles. The Labute approximate surface area is 157 Å². The van der Waals surface area contributed by atoms with Crippen LogP contribution in [0.15, 0.2) is 48.1 Å². The van der Waals surface area contributed by atoms with E-state index in [9.17, 15) is 14.4 Å². The number of hydrogen-bond acceptors (Lipinski definition) is 4. The zero-order valence-electron chi connectivity index (χ0n) is 15.1. The number of hydrogen-bond donors (Lipinski definition) is 2. The first-order chi connectivity index (χ1) is 13.0. The number of rotatable bonds is 7. The summed E-state index contributed by atoms with van der Waals surface area (Å²) in [5, 5.41) is 3.33. The standard InChI is InChI=1S/C20H22N4O3/c1-3-9-24-19(26)16(18(25)23-20(24)27)12-21-14(4-2)10-13-11-22-17-8-6-5-7-15(13)17/h3,5-8,11-12,14,16,22H,1,4,9-10H2,2H3,(H,23,25,27)/t14-,16?/m0/s1. The van der Waals surface area contributed by atoms with Crippen molar-refractivity contribution in [3.63, 3.8) is 0 Å². The van der Waals surface area contributed by atoms with Crippen LogP contribution in [-0.4, -0.2) is 46.5 Å². The highest BCUT2D eigenvalue weighted by atomic mass is 16.2. The monoisotopic (exact) mass is 366 g/mol. The molecule has 7 nitrogen and oxygen atoms in total. The molecular formula is C20H22N4O3. The van der Waals surface area contributed by atoms with Crippen LogP contribution in [0.4, 0.5) is 4.79 Å². The van der Waals surface area contributed by atoms with Crippen molar-refractivity contribution < 1.29 is 14.4 Å². The molecule has 27 heavy (non-hydrogen) atoms. The molecule has 1 aliphatic rings. The van der Waals surface area contributed by atoms with Crippen molar-refractivity contribution in [2.45, 2.75) is 25.8 Å². The minimum absolute atomic E-state index is 0.0504. The van der Waals surface area contributed by atoms with E-state index in [-0.39, 0.29) is 12.6 Å². The maximum atomic E-state index is 12.4. The molecule has 2 N–H and O–H groups in total. The van der Waals surface area contributed by atoms with E-state index in [0.717, 1.165) is 27.8 Å². The van der Waals surface area contributed by atoms with E-state index in [0.29, 0.717) is 6.42 Å². The molecular weight excluding hydrogens is 344 g/mol. The fourth-order valence-corrected chi connectivity index (χ4v) is 3.13. The summed E-state index contributed by atoms with van der Waals surface area (Å²) in [5.41, 5.74) is 2.20. The van der Waals surface area contributed by atoms with Gasteiger partial charge in [0.2, 0.25) is 11.8 Å². The fourth-order valence-electron chi connectivity index (χ4n) is 3.13. The van der Waals surface area contributed by atoms with E-state index in [4.69, 9.17) is 0 Å². The number of urea groups is 1. The Balaban J connectivity index is 1.76. The first-order valence-corrected chi connectivity index (χ1v) is 8.90. The first-order valence-electron chi connectivity index (χ1n) is 8.90. The van der Waals surface area contributed by atoms with Gasteiger partial charge in [-0.1, -0.05) is 31.2 Å². The van der Waals surface area contributed by atoms with Crippen LogP contribution < -0.4 is 5.32 Å². The molecule has 1 aromatic heterocycles. The number of para-hydroxylation sites is 1. The summed E-state index contributed by atoms with van der Waals surface area (Å²) < 4.78 is 0. The summed E-state index contributed by atoms with van der Waals surface area (Å²) >= 11 is 0. The van der Waals surface area contributed by atoms with Gasteiger partial charge in [0, 0.05) is 29.9 Å². The second-order valence-corrected chi connectivity index (χ2v) is 6.43. The molecule has 4 amide bonds. The fraction of sp³-hybridized carbons (Fsp3) is 0.300. The summed E-state index contributed by atoms with van der Waals surface area (Å²) in [5.74, 6) is -2.31. The molecule has 1 unspecified atom stereocenters. The molecule has 0 spiro atoms. The third-order valence-corrected chi connectivity index (χ3v) is 4.65. The molecule has 1 aromatic carbocycles. The van der Waals surface area contributed by atoms with Gasteiger partial charge in [0.25, 0.3) is 0 Å². The van der Waals surface area contributed by atoms with Gasteiger partial charge in [-0.25, -0.2) is 4.79 Å². The Morgan fingerprint density at radius 1 is 1.30 bits per heavy atom. The van der Waals surface area contributed by atoms with Crippen molar-refractivity contribution in [3.8, 4) is 0 Å². The topological polar surface area (TPSA) is 94.6 Å².